The van der Waals surface area contributed by atoms with Crippen LogP contribution in [0, 0.1) is 0 Å². The largest absolute Gasteiger partial charge is 0.310 e. The van der Waals surface area contributed by atoms with Crippen LogP contribution in [0.4, 0.5) is 17.1 Å². The molecule has 1 nitrogen and oxygen atoms in total. The Balaban J connectivity index is 1.23. The van der Waals surface area contributed by atoms with Crippen LogP contribution in [-0.4, -0.2) is 0 Å². The van der Waals surface area contributed by atoms with Crippen molar-refractivity contribution in [1.82, 2.24) is 0 Å². The molecule has 0 heterocycles. The van der Waals surface area contributed by atoms with E-state index >= 15 is 0 Å². The molecular weight excluding hydrogens is 711 g/mol. The Kier molecular flexibility index (Phi) is 7.94. The molecule has 0 aliphatic heterocycles. The van der Waals surface area contributed by atoms with Gasteiger partial charge in [-0.15, -0.1) is 0 Å². The second kappa shape index (κ2) is 13.3. The third-order valence-electron chi connectivity index (χ3n) is 13.3. The van der Waals surface area contributed by atoms with Gasteiger partial charge in [0.2, 0.25) is 0 Å². The topological polar surface area (TPSA) is 3.24 Å². The molecule has 9 aromatic rings. The summed E-state index contributed by atoms with van der Waals surface area (Å²) in [5, 5.41) is 2.46. The molecule has 0 bridgehead atoms. The van der Waals surface area contributed by atoms with E-state index < -0.39 is 0 Å². The van der Waals surface area contributed by atoms with E-state index in [9.17, 15) is 0 Å². The fourth-order valence-corrected chi connectivity index (χ4v) is 10.4. The van der Waals surface area contributed by atoms with Crippen LogP contribution in [0.1, 0.15) is 49.9 Å². The molecule has 282 valence electrons. The van der Waals surface area contributed by atoms with Gasteiger partial charge in [0.15, 0.2) is 0 Å². The number of fused-ring (bicyclic) bond motifs is 7. The van der Waals surface area contributed by atoms with E-state index in [0.717, 1.165) is 17.1 Å². The Bertz CT molecular complexity index is 3100. The highest BCUT2D eigenvalue weighted by Gasteiger charge is 2.38. The van der Waals surface area contributed by atoms with Crippen LogP contribution in [0.3, 0.4) is 0 Å². The second-order valence-corrected chi connectivity index (χ2v) is 17.3. The first-order valence-corrected chi connectivity index (χ1v) is 20.9. The predicted molar refractivity (Wildman–Crippen MR) is 250 cm³/mol. The predicted octanol–water partition coefficient (Wildman–Crippen LogP) is 15.9. The van der Waals surface area contributed by atoms with Crippen LogP contribution in [0.2, 0.25) is 0 Å². The molecule has 9 aromatic carbocycles. The van der Waals surface area contributed by atoms with Crippen LogP contribution >= 0.6 is 0 Å². The first-order chi connectivity index (χ1) is 28.8. The Morgan fingerprint density at radius 2 is 0.864 bits per heavy atom. The fourth-order valence-electron chi connectivity index (χ4n) is 10.4. The number of rotatable bonds is 6. The number of nitrogens with zero attached hydrogens (tertiary/aromatic N) is 1. The second-order valence-electron chi connectivity index (χ2n) is 17.3. The molecule has 2 aliphatic rings. The summed E-state index contributed by atoms with van der Waals surface area (Å²) >= 11 is 0. The minimum Gasteiger partial charge on any atom is -0.310 e. The van der Waals surface area contributed by atoms with Crippen molar-refractivity contribution in [1.29, 1.82) is 0 Å². The van der Waals surface area contributed by atoms with Crippen LogP contribution in [-0.2, 0) is 10.8 Å². The van der Waals surface area contributed by atoms with Gasteiger partial charge in [-0.05, 0) is 113 Å². The van der Waals surface area contributed by atoms with Gasteiger partial charge in [-0.1, -0.05) is 198 Å². The standard InChI is InChI=1S/C58H45N/c1-57(2)50-29-15-13-25-45(50)49-36-41(33-34-52(49)57)59(54-32-18-27-44(38-19-7-5-8-20-38)55(54)39-21-9-6-10-22-39)42-35-40-23-11-12-24-43(40)48(37-42)46-28-17-31-53-56(46)47-26-14-16-30-51(47)58(53,3)4/h5-37H,1-4H3. The first-order valence-electron chi connectivity index (χ1n) is 20.9. The summed E-state index contributed by atoms with van der Waals surface area (Å²) in [7, 11) is 0. The van der Waals surface area contributed by atoms with Crippen molar-refractivity contribution in [2.45, 2.75) is 38.5 Å². The summed E-state index contributed by atoms with van der Waals surface area (Å²) in [6.45, 7) is 9.46. The molecule has 0 saturated heterocycles. The fraction of sp³-hybridized carbons (Fsp3) is 0.103. The zero-order valence-corrected chi connectivity index (χ0v) is 34.0. The minimum atomic E-state index is -0.0989. The summed E-state index contributed by atoms with van der Waals surface area (Å²) in [5.41, 5.74) is 21.3. The van der Waals surface area contributed by atoms with Gasteiger partial charge in [0.1, 0.15) is 0 Å². The number of benzene rings is 9. The maximum absolute atomic E-state index is 2.53. The lowest BCUT2D eigenvalue weighted by Crippen LogP contribution is -2.16. The van der Waals surface area contributed by atoms with Crippen LogP contribution in [0.15, 0.2) is 200 Å². The quantitative estimate of drug-likeness (QED) is 0.163. The van der Waals surface area contributed by atoms with Crippen molar-refractivity contribution in [3.8, 4) is 55.6 Å². The summed E-state index contributed by atoms with van der Waals surface area (Å²) < 4.78 is 0. The van der Waals surface area contributed by atoms with Gasteiger partial charge < -0.3 is 4.90 Å². The van der Waals surface area contributed by atoms with Crippen molar-refractivity contribution in [3.63, 3.8) is 0 Å². The molecule has 0 amide bonds. The number of hydrogen-bond acceptors (Lipinski definition) is 1. The molecule has 2 aliphatic carbocycles. The van der Waals surface area contributed by atoms with Crippen LogP contribution in [0.5, 0.6) is 0 Å². The normalized spacial score (nSPS) is 14.0. The highest BCUT2D eigenvalue weighted by atomic mass is 15.1. The minimum absolute atomic E-state index is 0.0917. The summed E-state index contributed by atoms with van der Waals surface area (Å²) in [4.78, 5) is 2.53. The molecule has 0 spiro atoms. The summed E-state index contributed by atoms with van der Waals surface area (Å²) in [6, 6.07) is 74.5. The van der Waals surface area contributed by atoms with E-state index in [0.29, 0.717) is 0 Å². The summed E-state index contributed by atoms with van der Waals surface area (Å²) in [5.74, 6) is 0. The van der Waals surface area contributed by atoms with Crippen molar-refractivity contribution < 1.29 is 0 Å². The highest BCUT2D eigenvalue weighted by Crippen LogP contribution is 2.55. The third kappa shape index (κ3) is 5.38. The molecule has 59 heavy (non-hydrogen) atoms. The van der Waals surface area contributed by atoms with Crippen molar-refractivity contribution in [3.05, 3.63) is 222 Å². The lowest BCUT2D eigenvalue weighted by atomic mass is 9.81. The number of anilines is 3. The van der Waals surface area contributed by atoms with Crippen molar-refractivity contribution >= 4 is 27.8 Å². The highest BCUT2D eigenvalue weighted by molar-refractivity contribution is 6.07. The maximum Gasteiger partial charge on any atom is 0.0546 e. The lowest BCUT2D eigenvalue weighted by molar-refractivity contribution is 0.660. The molecule has 11 rings (SSSR count). The monoisotopic (exact) mass is 755 g/mol. The first kappa shape index (κ1) is 35.2. The zero-order chi connectivity index (χ0) is 39.9. The van der Waals surface area contributed by atoms with Gasteiger partial charge in [-0.25, -0.2) is 0 Å². The zero-order valence-electron chi connectivity index (χ0n) is 34.0. The third-order valence-corrected chi connectivity index (χ3v) is 13.3. The van der Waals surface area contributed by atoms with E-state index in [1.807, 2.05) is 0 Å². The smallest absolute Gasteiger partial charge is 0.0546 e. The molecule has 0 aromatic heterocycles. The molecule has 0 N–H and O–H groups in total. The molecular formula is C58H45N. The van der Waals surface area contributed by atoms with E-state index in [1.165, 1.54) is 88.7 Å². The van der Waals surface area contributed by atoms with Gasteiger partial charge in [0.25, 0.3) is 0 Å². The Morgan fingerprint density at radius 3 is 1.64 bits per heavy atom. The van der Waals surface area contributed by atoms with Gasteiger partial charge >= 0.3 is 0 Å². The van der Waals surface area contributed by atoms with Gasteiger partial charge in [-0.3, -0.25) is 0 Å². The van der Waals surface area contributed by atoms with Crippen LogP contribution in [0.25, 0.3) is 66.4 Å². The number of hydrogen-bond donors (Lipinski definition) is 0. The lowest BCUT2D eigenvalue weighted by Gasteiger charge is -2.31. The molecule has 0 unspecified atom stereocenters. The SMILES string of the molecule is CC1(C)c2ccccc2-c2cc(N(c3cc(-c4cccc5c4-c4ccccc4C5(C)C)c4ccccc4c3)c3cccc(-c4ccccc4)c3-c3ccccc3)ccc21. The molecule has 0 radical (unpaired) electrons. The van der Waals surface area contributed by atoms with Gasteiger partial charge in [-0.2, -0.15) is 0 Å². The molecule has 0 saturated carbocycles. The van der Waals surface area contributed by atoms with Crippen LogP contribution < -0.4 is 4.90 Å². The van der Waals surface area contributed by atoms with Gasteiger partial charge in [0.05, 0.1) is 5.69 Å². The van der Waals surface area contributed by atoms with E-state index in [-0.39, 0.29) is 10.8 Å². The average molecular weight is 756 g/mol. The Labute approximate surface area is 347 Å². The van der Waals surface area contributed by atoms with E-state index in [4.69, 9.17) is 0 Å². The van der Waals surface area contributed by atoms with Crippen molar-refractivity contribution in [2.75, 3.05) is 4.90 Å². The average Bonchev–Trinajstić information content (AvgIpc) is 3.66. The molecule has 1 heteroatoms. The van der Waals surface area contributed by atoms with E-state index in [1.54, 1.807) is 0 Å². The summed E-state index contributed by atoms with van der Waals surface area (Å²) in [6.07, 6.45) is 0. The van der Waals surface area contributed by atoms with Gasteiger partial charge in [0, 0.05) is 27.8 Å². The Morgan fingerprint density at radius 1 is 0.322 bits per heavy atom. The van der Waals surface area contributed by atoms with Crippen molar-refractivity contribution in [2.24, 2.45) is 0 Å². The Hall–Kier alpha value is -6.96. The maximum atomic E-state index is 2.53. The van der Waals surface area contributed by atoms with E-state index in [2.05, 4.69) is 233 Å². The molecule has 0 atom stereocenters. The molecule has 0 fully saturated rings.